The van der Waals surface area contributed by atoms with Gasteiger partial charge in [0, 0.05) is 17.2 Å². The van der Waals surface area contributed by atoms with E-state index in [9.17, 15) is 0 Å². The first-order valence-corrected chi connectivity index (χ1v) is 7.41. The van der Waals surface area contributed by atoms with Crippen LogP contribution in [0, 0.1) is 0 Å². The molecule has 4 nitrogen and oxygen atoms in total. The lowest BCUT2D eigenvalue weighted by Crippen LogP contribution is -1.93. The monoisotopic (exact) mass is 326 g/mol. The first-order chi connectivity index (χ1) is 11.2. The van der Waals surface area contributed by atoms with Gasteiger partial charge in [-0.1, -0.05) is 11.6 Å². The molecule has 0 fully saturated rings. The number of nitrogens with zero attached hydrogens (tertiary/aromatic N) is 2. The molecular formula is C18H15ClN2O2. The van der Waals surface area contributed by atoms with E-state index in [2.05, 4.69) is 9.97 Å². The van der Waals surface area contributed by atoms with Crippen molar-refractivity contribution in [3.05, 3.63) is 59.8 Å². The first-order valence-electron chi connectivity index (χ1n) is 7.03. The van der Waals surface area contributed by atoms with Crippen LogP contribution in [0.3, 0.4) is 0 Å². The van der Waals surface area contributed by atoms with Gasteiger partial charge >= 0.3 is 0 Å². The van der Waals surface area contributed by atoms with Gasteiger partial charge in [-0.3, -0.25) is 0 Å². The lowest BCUT2D eigenvalue weighted by atomic mass is 10.1. The van der Waals surface area contributed by atoms with E-state index in [0.717, 1.165) is 28.3 Å². The summed E-state index contributed by atoms with van der Waals surface area (Å²) in [6.45, 7) is 0. The molecule has 1 heterocycles. The average molecular weight is 327 g/mol. The SMILES string of the molecule is COc1ccc(-c2cc(Cl)nc(-c3ccc(OC)cc3)n2)cc1. The second-order valence-corrected chi connectivity index (χ2v) is 5.24. The van der Waals surface area contributed by atoms with Crippen molar-refractivity contribution < 1.29 is 9.47 Å². The van der Waals surface area contributed by atoms with Crippen LogP contribution in [0.4, 0.5) is 0 Å². The summed E-state index contributed by atoms with van der Waals surface area (Å²) in [5.74, 6) is 2.15. The summed E-state index contributed by atoms with van der Waals surface area (Å²) in [5, 5.41) is 0.400. The molecule has 116 valence electrons. The van der Waals surface area contributed by atoms with Crippen LogP contribution in [-0.2, 0) is 0 Å². The number of rotatable bonds is 4. The van der Waals surface area contributed by atoms with Gasteiger partial charge in [0.25, 0.3) is 0 Å². The highest BCUT2D eigenvalue weighted by atomic mass is 35.5. The fraction of sp³-hybridized carbons (Fsp3) is 0.111. The first kappa shape index (κ1) is 15.3. The summed E-state index contributed by atoms with van der Waals surface area (Å²) < 4.78 is 10.3. The average Bonchev–Trinajstić information content (AvgIpc) is 2.61. The fourth-order valence-corrected chi connectivity index (χ4v) is 2.38. The standard InChI is InChI=1S/C18H15ClN2O2/c1-22-14-7-3-12(4-8-14)16-11-17(19)21-18(20-16)13-5-9-15(23-2)10-6-13/h3-11H,1-2H3. The molecular weight excluding hydrogens is 312 g/mol. The highest BCUT2D eigenvalue weighted by Crippen LogP contribution is 2.26. The number of ether oxygens (including phenoxy) is 2. The summed E-state index contributed by atoms with van der Waals surface area (Å²) in [6, 6.07) is 16.9. The molecule has 0 aliphatic carbocycles. The summed E-state index contributed by atoms with van der Waals surface area (Å²) in [7, 11) is 3.27. The Labute approximate surface area is 139 Å². The quantitative estimate of drug-likeness (QED) is 0.663. The normalized spacial score (nSPS) is 10.4. The predicted octanol–water partition coefficient (Wildman–Crippen LogP) is 4.48. The Morgan fingerprint density at radius 1 is 0.739 bits per heavy atom. The lowest BCUT2D eigenvalue weighted by molar-refractivity contribution is 0.415. The molecule has 0 unspecified atom stereocenters. The molecule has 0 radical (unpaired) electrons. The Bertz CT molecular complexity index is 737. The fourth-order valence-electron chi connectivity index (χ4n) is 2.20. The van der Waals surface area contributed by atoms with Crippen molar-refractivity contribution in [1.29, 1.82) is 0 Å². The summed E-state index contributed by atoms with van der Waals surface area (Å²) >= 11 is 6.17. The Morgan fingerprint density at radius 2 is 1.26 bits per heavy atom. The van der Waals surface area contributed by atoms with E-state index in [4.69, 9.17) is 21.1 Å². The molecule has 3 aromatic rings. The van der Waals surface area contributed by atoms with Gasteiger partial charge < -0.3 is 9.47 Å². The minimum atomic E-state index is 0.400. The van der Waals surface area contributed by atoms with Gasteiger partial charge in [-0.05, 0) is 48.5 Å². The van der Waals surface area contributed by atoms with E-state index >= 15 is 0 Å². The smallest absolute Gasteiger partial charge is 0.161 e. The van der Waals surface area contributed by atoms with Gasteiger partial charge in [0.2, 0.25) is 0 Å². The zero-order valence-electron chi connectivity index (χ0n) is 12.8. The topological polar surface area (TPSA) is 44.2 Å². The number of hydrogen-bond acceptors (Lipinski definition) is 4. The lowest BCUT2D eigenvalue weighted by Gasteiger charge is -2.07. The molecule has 0 aliphatic rings. The van der Waals surface area contributed by atoms with Crippen LogP contribution >= 0.6 is 11.6 Å². The number of benzene rings is 2. The van der Waals surface area contributed by atoms with Crippen molar-refractivity contribution in [1.82, 2.24) is 9.97 Å². The Kier molecular flexibility index (Phi) is 4.44. The molecule has 5 heteroatoms. The second-order valence-electron chi connectivity index (χ2n) is 4.86. The molecule has 0 saturated carbocycles. The van der Waals surface area contributed by atoms with E-state index in [1.165, 1.54) is 0 Å². The van der Waals surface area contributed by atoms with E-state index in [1.807, 2.05) is 48.5 Å². The van der Waals surface area contributed by atoms with Gasteiger partial charge in [0.15, 0.2) is 5.82 Å². The van der Waals surface area contributed by atoms with Crippen molar-refractivity contribution in [3.8, 4) is 34.1 Å². The van der Waals surface area contributed by atoms with E-state index < -0.39 is 0 Å². The molecule has 0 aliphatic heterocycles. The van der Waals surface area contributed by atoms with Crippen LogP contribution in [-0.4, -0.2) is 24.2 Å². The number of methoxy groups -OCH3 is 2. The van der Waals surface area contributed by atoms with E-state index in [-0.39, 0.29) is 0 Å². The summed E-state index contributed by atoms with van der Waals surface area (Å²) in [5.41, 5.74) is 2.59. The molecule has 0 amide bonds. The molecule has 2 aromatic carbocycles. The van der Waals surface area contributed by atoms with Gasteiger partial charge in [0.05, 0.1) is 19.9 Å². The third-order valence-corrected chi connectivity index (χ3v) is 3.62. The largest absolute Gasteiger partial charge is 0.497 e. The zero-order valence-corrected chi connectivity index (χ0v) is 13.5. The van der Waals surface area contributed by atoms with Crippen LogP contribution < -0.4 is 9.47 Å². The van der Waals surface area contributed by atoms with Crippen molar-refractivity contribution in [2.45, 2.75) is 0 Å². The van der Waals surface area contributed by atoms with Crippen molar-refractivity contribution in [3.63, 3.8) is 0 Å². The minimum Gasteiger partial charge on any atom is -0.497 e. The maximum absolute atomic E-state index is 6.17. The number of halogens is 1. The highest BCUT2D eigenvalue weighted by Gasteiger charge is 2.08. The summed E-state index contributed by atoms with van der Waals surface area (Å²) in [4.78, 5) is 8.92. The maximum atomic E-state index is 6.17. The van der Waals surface area contributed by atoms with E-state index in [0.29, 0.717) is 11.0 Å². The van der Waals surface area contributed by atoms with Crippen LogP contribution in [0.15, 0.2) is 54.6 Å². The molecule has 0 atom stereocenters. The third-order valence-electron chi connectivity index (χ3n) is 3.43. The second kappa shape index (κ2) is 6.67. The predicted molar refractivity (Wildman–Crippen MR) is 91.0 cm³/mol. The van der Waals surface area contributed by atoms with Crippen LogP contribution in [0.1, 0.15) is 0 Å². The van der Waals surface area contributed by atoms with Crippen molar-refractivity contribution >= 4 is 11.6 Å². The van der Waals surface area contributed by atoms with Crippen LogP contribution in [0.2, 0.25) is 5.15 Å². The minimum absolute atomic E-state index is 0.400. The molecule has 3 rings (SSSR count). The van der Waals surface area contributed by atoms with Gasteiger partial charge in [0.1, 0.15) is 16.7 Å². The molecule has 1 aromatic heterocycles. The summed E-state index contributed by atoms with van der Waals surface area (Å²) in [6.07, 6.45) is 0. The van der Waals surface area contributed by atoms with E-state index in [1.54, 1.807) is 20.3 Å². The zero-order chi connectivity index (χ0) is 16.2. The van der Waals surface area contributed by atoms with Crippen LogP contribution in [0.25, 0.3) is 22.6 Å². The molecule has 0 spiro atoms. The van der Waals surface area contributed by atoms with Gasteiger partial charge in [-0.2, -0.15) is 0 Å². The Morgan fingerprint density at radius 3 is 1.78 bits per heavy atom. The van der Waals surface area contributed by atoms with Crippen LogP contribution in [0.5, 0.6) is 11.5 Å². The highest BCUT2D eigenvalue weighted by molar-refractivity contribution is 6.29. The third kappa shape index (κ3) is 3.43. The maximum Gasteiger partial charge on any atom is 0.161 e. The van der Waals surface area contributed by atoms with Gasteiger partial charge in [-0.25, -0.2) is 9.97 Å². The number of aromatic nitrogens is 2. The van der Waals surface area contributed by atoms with Crippen molar-refractivity contribution in [2.24, 2.45) is 0 Å². The molecule has 0 bridgehead atoms. The Balaban J connectivity index is 2.00. The van der Waals surface area contributed by atoms with Gasteiger partial charge in [-0.15, -0.1) is 0 Å². The van der Waals surface area contributed by atoms with Crippen molar-refractivity contribution in [2.75, 3.05) is 14.2 Å². The molecule has 0 N–H and O–H groups in total. The molecule has 0 saturated heterocycles. The Hall–Kier alpha value is -2.59. The molecule has 23 heavy (non-hydrogen) atoms. The number of hydrogen-bond donors (Lipinski definition) is 0.